The van der Waals surface area contributed by atoms with E-state index in [1.165, 1.54) is 32.1 Å². The zero-order chi connectivity index (χ0) is 12.2. The molecule has 0 radical (unpaired) electrons. The lowest BCUT2D eigenvalue weighted by Crippen LogP contribution is -2.24. The second-order valence-electron chi connectivity index (χ2n) is 4.78. The first kappa shape index (κ1) is 11.7. The highest BCUT2D eigenvalue weighted by Gasteiger charge is 2.15. The van der Waals surface area contributed by atoms with Crippen LogP contribution < -0.4 is 5.32 Å². The molecule has 1 aliphatic rings. The zero-order valence-corrected chi connectivity index (χ0v) is 11.2. The van der Waals surface area contributed by atoms with E-state index in [1.54, 1.807) is 11.3 Å². The van der Waals surface area contributed by atoms with E-state index in [2.05, 4.69) is 19.9 Å². The van der Waals surface area contributed by atoms with Gasteiger partial charge in [0.2, 0.25) is 5.95 Å². The van der Waals surface area contributed by atoms with Crippen molar-refractivity contribution < 1.29 is 0 Å². The molecule has 3 rings (SSSR count). The van der Waals surface area contributed by atoms with Crippen LogP contribution >= 0.6 is 11.3 Å². The van der Waals surface area contributed by atoms with Crippen molar-refractivity contribution in [1.29, 1.82) is 0 Å². The lowest BCUT2D eigenvalue weighted by molar-refractivity contribution is 0.459. The maximum Gasteiger partial charge on any atom is 0.203 e. The van der Waals surface area contributed by atoms with Gasteiger partial charge in [-0.25, -0.2) is 9.97 Å². The fourth-order valence-corrected chi connectivity index (χ4v) is 3.10. The van der Waals surface area contributed by atoms with Crippen LogP contribution in [-0.2, 0) is 6.54 Å². The Morgan fingerprint density at radius 1 is 1.22 bits per heavy atom. The Bertz CT molecular complexity index is 471. The van der Waals surface area contributed by atoms with Crippen molar-refractivity contribution >= 4 is 17.3 Å². The minimum Gasteiger partial charge on any atom is -0.353 e. The molecule has 96 valence electrons. The summed E-state index contributed by atoms with van der Waals surface area (Å²) in [4.78, 5) is 8.74. The van der Waals surface area contributed by atoms with Gasteiger partial charge < -0.3 is 9.88 Å². The monoisotopic (exact) mass is 262 g/mol. The summed E-state index contributed by atoms with van der Waals surface area (Å²) in [6.45, 7) is 0.812. The third-order valence-electron chi connectivity index (χ3n) is 3.44. The summed E-state index contributed by atoms with van der Waals surface area (Å²) in [6.07, 6.45) is 12.3. The fraction of sp³-hybridized carbons (Fsp3) is 0.538. The Labute approximate surface area is 111 Å². The molecule has 1 saturated carbocycles. The summed E-state index contributed by atoms with van der Waals surface area (Å²) in [7, 11) is 0. The molecule has 0 aromatic carbocycles. The summed E-state index contributed by atoms with van der Waals surface area (Å²) in [6, 6.07) is 0.594. The number of thiazole rings is 1. The molecular formula is C13H18N4S. The second kappa shape index (κ2) is 5.52. The van der Waals surface area contributed by atoms with Crippen molar-refractivity contribution in [3.8, 4) is 0 Å². The van der Waals surface area contributed by atoms with Crippen LogP contribution in [0.25, 0.3) is 0 Å². The van der Waals surface area contributed by atoms with E-state index in [9.17, 15) is 0 Å². The smallest absolute Gasteiger partial charge is 0.203 e. The largest absolute Gasteiger partial charge is 0.353 e. The lowest BCUT2D eigenvalue weighted by Gasteiger charge is -2.23. The van der Waals surface area contributed by atoms with Crippen LogP contribution in [0.2, 0.25) is 0 Å². The van der Waals surface area contributed by atoms with Gasteiger partial charge in [0.25, 0.3) is 0 Å². The van der Waals surface area contributed by atoms with E-state index in [0.29, 0.717) is 6.04 Å². The standard InChI is InChI=1S/C13H18N4S/c1-2-4-11(5-3-1)16-13-15-6-8-17(13)10-12-14-7-9-18-12/h6-9,11H,1-5,10H2,(H,15,16). The van der Waals surface area contributed by atoms with Crippen molar-refractivity contribution in [2.45, 2.75) is 44.7 Å². The molecule has 5 heteroatoms. The molecule has 0 saturated heterocycles. The highest BCUT2D eigenvalue weighted by Crippen LogP contribution is 2.21. The maximum atomic E-state index is 4.42. The molecule has 2 aromatic heterocycles. The molecule has 0 amide bonds. The summed E-state index contributed by atoms with van der Waals surface area (Å²) in [5, 5.41) is 6.71. The molecule has 1 N–H and O–H groups in total. The van der Waals surface area contributed by atoms with Crippen LogP contribution in [0.15, 0.2) is 24.0 Å². The first-order valence-electron chi connectivity index (χ1n) is 6.58. The molecule has 0 atom stereocenters. The molecule has 0 unspecified atom stereocenters. The fourth-order valence-electron chi connectivity index (χ4n) is 2.48. The van der Waals surface area contributed by atoms with Gasteiger partial charge in [-0.3, -0.25) is 0 Å². The summed E-state index contributed by atoms with van der Waals surface area (Å²) < 4.78 is 2.15. The van der Waals surface area contributed by atoms with Crippen LogP contribution in [0, 0.1) is 0 Å². The molecule has 0 aliphatic heterocycles. The number of hydrogen-bond donors (Lipinski definition) is 1. The van der Waals surface area contributed by atoms with E-state index in [4.69, 9.17) is 0 Å². The summed E-state index contributed by atoms with van der Waals surface area (Å²) >= 11 is 1.69. The number of rotatable bonds is 4. The van der Waals surface area contributed by atoms with Crippen molar-refractivity contribution in [3.63, 3.8) is 0 Å². The normalized spacial score (nSPS) is 16.9. The SMILES string of the molecule is c1csc(Cn2ccnc2NC2CCCCC2)n1. The van der Waals surface area contributed by atoms with Crippen molar-refractivity contribution in [2.24, 2.45) is 0 Å². The summed E-state index contributed by atoms with van der Waals surface area (Å²) in [5.74, 6) is 0.983. The van der Waals surface area contributed by atoms with Gasteiger partial charge in [-0.05, 0) is 12.8 Å². The number of anilines is 1. The third-order valence-corrected chi connectivity index (χ3v) is 4.21. The van der Waals surface area contributed by atoms with Gasteiger partial charge in [-0.15, -0.1) is 11.3 Å². The van der Waals surface area contributed by atoms with Crippen LogP contribution in [0.1, 0.15) is 37.1 Å². The Kier molecular flexibility index (Phi) is 3.59. The van der Waals surface area contributed by atoms with Crippen molar-refractivity contribution in [3.05, 3.63) is 29.0 Å². The molecule has 0 spiro atoms. The Balaban J connectivity index is 1.67. The van der Waals surface area contributed by atoms with Gasteiger partial charge in [0.05, 0.1) is 6.54 Å². The number of hydrogen-bond acceptors (Lipinski definition) is 4. The molecule has 18 heavy (non-hydrogen) atoms. The van der Waals surface area contributed by atoms with Gasteiger partial charge >= 0.3 is 0 Å². The third kappa shape index (κ3) is 2.72. The van der Waals surface area contributed by atoms with Crippen LogP contribution in [0.5, 0.6) is 0 Å². The van der Waals surface area contributed by atoms with Gasteiger partial charge in [-0.2, -0.15) is 0 Å². The molecule has 4 nitrogen and oxygen atoms in total. The Hall–Kier alpha value is -1.36. The van der Waals surface area contributed by atoms with E-state index in [-0.39, 0.29) is 0 Å². The van der Waals surface area contributed by atoms with Crippen LogP contribution in [0.3, 0.4) is 0 Å². The number of nitrogens with one attached hydrogen (secondary N) is 1. The highest BCUT2D eigenvalue weighted by atomic mass is 32.1. The van der Waals surface area contributed by atoms with E-state index >= 15 is 0 Å². The Morgan fingerprint density at radius 2 is 2.11 bits per heavy atom. The average molecular weight is 262 g/mol. The quantitative estimate of drug-likeness (QED) is 0.920. The molecule has 2 heterocycles. The predicted molar refractivity (Wildman–Crippen MR) is 73.9 cm³/mol. The van der Waals surface area contributed by atoms with Gasteiger partial charge in [-0.1, -0.05) is 19.3 Å². The zero-order valence-electron chi connectivity index (χ0n) is 10.4. The lowest BCUT2D eigenvalue weighted by atomic mass is 9.96. The molecule has 0 bridgehead atoms. The number of imidazole rings is 1. The molecule has 2 aromatic rings. The minimum absolute atomic E-state index is 0.594. The van der Waals surface area contributed by atoms with E-state index < -0.39 is 0 Å². The average Bonchev–Trinajstić information content (AvgIpc) is 3.04. The summed E-state index contributed by atoms with van der Waals surface area (Å²) in [5.41, 5.74) is 0. The van der Waals surface area contributed by atoms with Crippen molar-refractivity contribution in [2.75, 3.05) is 5.32 Å². The topological polar surface area (TPSA) is 42.7 Å². The van der Waals surface area contributed by atoms with E-state index in [1.807, 2.05) is 24.0 Å². The first-order valence-corrected chi connectivity index (χ1v) is 7.46. The minimum atomic E-state index is 0.594. The maximum absolute atomic E-state index is 4.42. The van der Waals surface area contributed by atoms with Gasteiger partial charge in [0, 0.05) is 30.0 Å². The molecule has 1 aliphatic carbocycles. The van der Waals surface area contributed by atoms with Crippen LogP contribution in [0.4, 0.5) is 5.95 Å². The Morgan fingerprint density at radius 3 is 2.89 bits per heavy atom. The predicted octanol–water partition coefficient (Wildman–Crippen LogP) is 3.13. The number of aromatic nitrogens is 3. The van der Waals surface area contributed by atoms with Gasteiger partial charge in [0.1, 0.15) is 5.01 Å². The van der Waals surface area contributed by atoms with Crippen LogP contribution in [-0.4, -0.2) is 20.6 Å². The van der Waals surface area contributed by atoms with Gasteiger partial charge in [0.15, 0.2) is 0 Å². The molecular weight excluding hydrogens is 244 g/mol. The highest BCUT2D eigenvalue weighted by molar-refractivity contribution is 7.09. The van der Waals surface area contributed by atoms with Crippen molar-refractivity contribution in [1.82, 2.24) is 14.5 Å². The number of nitrogens with zero attached hydrogens (tertiary/aromatic N) is 3. The first-order chi connectivity index (χ1) is 8.92. The van der Waals surface area contributed by atoms with E-state index in [0.717, 1.165) is 17.5 Å². The second-order valence-corrected chi connectivity index (χ2v) is 5.76. The molecule has 1 fully saturated rings.